The monoisotopic (exact) mass is 851 g/mol. The number of carbonyl (C=O) groups excluding carboxylic acids is 7. The van der Waals surface area contributed by atoms with Crippen molar-refractivity contribution in [3.63, 3.8) is 0 Å². The summed E-state index contributed by atoms with van der Waals surface area (Å²) in [7, 11) is 2.70. The van der Waals surface area contributed by atoms with Gasteiger partial charge < -0.3 is 52.1 Å². The average molecular weight is 852 g/mol. The van der Waals surface area contributed by atoms with Crippen LogP contribution in [0.1, 0.15) is 114 Å². The number of aliphatic hydroxyl groups excluding tert-OH is 1. The number of rotatable bonds is 23. The minimum Gasteiger partial charge on any atom is -0.507 e. The first-order valence-electron chi connectivity index (χ1n) is 21.4. The molecule has 4 bridgehead atoms. The number of primary amides is 1. The van der Waals surface area contributed by atoms with Gasteiger partial charge in [-0.2, -0.15) is 0 Å². The van der Waals surface area contributed by atoms with Crippen LogP contribution in [-0.2, 0) is 40.0 Å². The predicted molar refractivity (Wildman–Crippen MR) is 229 cm³/mol. The van der Waals surface area contributed by atoms with Crippen molar-refractivity contribution in [1.82, 2.24) is 31.1 Å². The zero-order valence-corrected chi connectivity index (χ0v) is 35.8. The van der Waals surface area contributed by atoms with Crippen molar-refractivity contribution >= 4 is 41.4 Å². The maximum Gasteiger partial charge on any atom is 0.247 e. The molecule has 17 nitrogen and oxygen atoms in total. The highest BCUT2D eigenvalue weighted by Gasteiger charge is 2.32. The molecule has 0 saturated carbocycles. The molecule has 1 aliphatic rings. The number of unbranched alkanes of at least 4 members (excludes halogenated alkanes) is 12. The maximum absolute atomic E-state index is 13.6. The SMILES string of the molecule is CCCCCCCCCCCCCCCC(=O)N(C)[C@H](CO)C(=O)NCC(=O)NCC(=O)N(C)C1C(=O)NCC(=O)N[C@H](C(N)=O)Cc2ccc(O)c(c2)-c2cc1ccc2O. The third kappa shape index (κ3) is 16.0. The molecule has 7 amide bonds. The molecule has 2 aromatic rings. The Morgan fingerprint density at radius 3 is 1.95 bits per heavy atom. The number of likely N-dealkylation sites (N-methyl/N-ethyl adjacent to an activating group) is 2. The summed E-state index contributed by atoms with van der Waals surface area (Å²) in [6.07, 6.45) is 15.3. The summed E-state index contributed by atoms with van der Waals surface area (Å²) < 4.78 is 0. The van der Waals surface area contributed by atoms with Crippen LogP contribution in [0.25, 0.3) is 11.1 Å². The Morgan fingerprint density at radius 1 is 0.787 bits per heavy atom. The Bertz CT molecular complexity index is 1820. The van der Waals surface area contributed by atoms with E-state index in [0.29, 0.717) is 12.0 Å². The third-order valence-electron chi connectivity index (χ3n) is 10.9. The van der Waals surface area contributed by atoms with E-state index < -0.39 is 79.8 Å². The topological polar surface area (TPSA) is 261 Å². The van der Waals surface area contributed by atoms with Crippen molar-refractivity contribution < 1.29 is 48.9 Å². The van der Waals surface area contributed by atoms with E-state index in [1.165, 1.54) is 108 Å². The molecule has 2 aromatic carbocycles. The quantitative estimate of drug-likeness (QED) is 0.0758. The first-order chi connectivity index (χ1) is 29.2. The molecule has 336 valence electrons. The zero-order chi connectivity index (χ0) is 44.9. The fraction of sp³-hybridized carbons (Fsp3) is 0.568. The number of hydrogen-bond acceptors (Lipinski definition) is 10. The molecular formula is C44H65N7O10. The first-order valence-corrected chi connectivity index (χ1v) is 21.4. The van der Waals surface area contributed by atoms with Gasteiger partial charge in [-0.15, -0.1) is 0 Å². The van der Waals surface area contributed by atoms with E-state index in [4.69, 9.17) is 5.73 Å². The number of carbonyl (C=O) groups is 7. The lowest BCUT2D eigenvalue weighted by Crippen LogP contribution is -2.52. The standard InChI is InChI=1S/C44H65N7O10/c1-4-5-6-7-8-9-10-11-12-13-14-15-16-17-39(57)50(2)34(28-52)43(60)47-25-37(55)46-27-40(58)51(3)41-30-19-21-36(54)32(24-30)31-22-29(18-20-35(31)53)23-33(42(45)59)49-38(56)26-48-44(41)61/h18-22,24,33-34,41,52-54H,4-17,23,25-28H2,1-3H3,(H2,45,59)(H,46,55)(H,47,60)(H,48,61)(H,49,56)/t33-,34+,41?/m0/s1. The minimum atomic E-state index is -1.42. The van der Waals surface area contributed by atoms with Gasteiger partial charge in [-0.1, -0.05) is 96.1 Å². The summed E-state index contributed by atoms with van der Waals surface area (Å²) in [5.41, 5.74) is 6.43. The van der Waals surface area contributed by atoms with Crippen molar-refractivity contribution in [3.8, 4) is 22.6 Å². The summed E-state index contributed by atoms with van der Waals surface area (Å²) >= 11 is 0. The second-order valence-electron chi connectivity index (χ2n) is 15.7. The first kappa shape index (κ1) is 49.7. The van der Waals surface area contributed by atoms with Crippen LogP contribution in [0.2, 0.25) is 0 Å². The molecule has 0 aromatic heterocycles. The Morgan fingerprint density at radius 2 is 1.36 bits per heavy atom. The Hall–Kier alpha value is -5.71. The van der Waals surface area contributed by atoms with Gasteiger partial charge in [0.05, 0.1) is 26.2 Å². The fourth-order valence-corrected chi connectivity index (χ4v) is 7.20. The van der Waals surface area contributed by atoms with Gasteiger partial charge in [0.15, 0.2) is 0 Å². The van der Waals surface area contributed by atoms with Gasteiger partial charge in [0, 0.05) is 38.1 Å². The molecule has 9 N–H and O–H groups in total. The maximum atomic E-state index is 13.6. The highest BCUT2D eigenvalue weighted by atomic mass is 16.3. The third-order valence-corrected chi connectivity index (χ3v) is 10.9. The van der Waals surface area contributed by atoms with Crippen molar-refractivity contribution in [2.45, 2.75) is 121 Å². The average Bonchev–Trinajstić information content (AvgIpc) is 3.23. The van der Waals surface area contributed by atoms with E-state index in [2.05, 4.69) is 28.2 Å². The van der Waals surface area contributed by atoms with Crippen molar-refractivity contribution in [2.75, 3.05) is 40.3 Å². The van der Waals surface area contributed by atoms with Crippen LogP contribution in [0.5, 0.6) is 11.5 Å². The number of phenols is 2. The number of nitrogens with zero attached hydrogens (tertiary/aromatic N) is 2. The summed E-state index contributed by atoms with van der Waals surface area (Å²) in [6, 6.07) is 4.60. The van der Waals surface area contributed by atoms with Crippen LogP contribution in [0, 0.1) is 0 Å². The summed E-state index contributed by atoms with van der Waals surface area (Å²) in [5.74, 6) is -5.51. The molecule has 0 spiro atoms. The van der Waals surface area contributed by atoms with Crippen molar-refractivity contribution in [1.29, 1.82) is 0 Å². The number of benzene rings is 2. The number of nitrogens with one attached hydrogen (secondary N) is 4. The molecule has 61 heavy (non-hydrogen) atoms. The van der Waals surface area contributed by atoms with Crippen molar-refractivity contribution in [2.24, 2.45) is 5.73 Å². The Labute approximate surface area is 358 Å². The van der Waals surface area contributed by atoms with Gasteiger partial charge >= 0.3 is 0 Å². The van der Waals surface area contributed by atoms with E-state index >= 15 is 0 Å². The van der Waals surface area contributed by atoms with Crippen LogP contribution in [0.3, 0.4) is 0 Å². The smallest absolute Gasteiger partial charge is 0.247 e. The highest BCUT2D eigenvalue weighted by molar-refractivity contribution is 5.95. The molecule has 0 saturated heterocycles. The molecule has 0 fully saturated rings. The molecule has 3 rings (SSSR count). The summed E-state index contributed by atoms with van der Waals surface area (Å²) in [5, 5.41) is 41.1. The molecular weight excluding hydrogens is 787 g/mol. The van der Waals surface area contributed by atoms with E-state index in [-0.39, 0.29) is 46.9 Å². The van der Waals surface area contributed by atoms with E-state index in [0.717, 1.165) is 29.1 Å². The van der Waals surface area contributed by atoms with Gasteiger partial charge in [-0.05, 0) is 41.8 Å². The van der Waals surface area contributed by atoms with Crippen molar-refractivity contribution in [3.05, 3.63) is 47.5 Å². The van der Waals surface area contributed by atoms with Gasteiger partial charge in [0.1, 0.15) is 29.6 Å². The van der Waals surface area contributed by atoms with Crippen LogP contribution >= 0.6 is 0 Å². The fourth-order valence-electron chi connectivity index (χ4n) is 7.20. The summed E-state index contributed by atoms with van der Waals surface area (Å²) in [4.78, 5) is 92.7. The Kier molecular flexibility index (Phi) is 21.0. The molecule has 1 heterocycles. The predicted octanol–water partition coefficient (Wildman–Crippen LogP) is 2.44. The number of fused-ring (bicyclic) bond motifs is 5. The second-order valence-corrected chi connectivity index (χ2v) is 15.7. The lowest BCUT2D eigenvalue weighted by Gasteiger charge is -2.29. The van der Waals surface area contributed by atoms with Crippen LogP contribution in [-0.4, -0.2) is 119 Å². The number of phenolic OH excluding ortho intramolecular Hbond substituents is 2. The number of aliphatic hydroxyl groups is 1. The van der Waals surface area contributed by atoms with Crippen LogP contribution in [0.4, 0.5) is 0 Å². The molecule has 1 unspecified atom stereocenters. The second kappa shape index (κ2) is 25.8. The molecule has 3 atom stereocenters. The van der Waals surface area contributed by atoms with Gasteiger partial charge in [-0.25, -0.2) is 0 Å². The number of hydrogen-bond donors (Lipinski definition) is 8. The molecule has 1 aliphatic heterocycles. The number of aromatic hydroxyl groups is 2. The van der Waals surface area contributed by atoms with Crippen LogP contribution < -0.4 is 27.0 Å². The van der Waals surface area contributed by atoms with Gasteiger partial charge in [-0.3, -0.25) is 33.6 Å². The van der Waals surface area contributed by atoms with E-state index in [1.54, 1.807) is 0 Å². The van der Waals surface area contributed by atoms with Gasteiger partial charge in [0.25, 0.3) is 0 Å². The molecule has 17 heteroatoms. The largest absolute Gasteiger partial charge is 0.507 e. The number of amides is 7. The Balaban J connectivity index is 1.54. The zero-order valence-electron chi connectivity index (χ0n) is 35.8. The normalized spacial score (nSPS) is 15.7. The summed E-state index contributed by atoms with van der Waals surface area (Å²) in [6.45, 7) is -0.234. The highest BCUT2D eigenvalue weighted by Crippen LogP contribution is 2.38. The lowest BCUT2D eigenvalue weighted by molar-refractivity contribution is -0.141. The van der Waals surface area contributed by atoms with E-state index in [1.807, 2.05) is 0 Å². The van der Waals surface area contributed by atoms with E-state index in [9.17, 15) is 48.9 Å². The van der Waals surface area contributed by atoms with Crippen LogP contribution in [0.15, 0.2) is 36.4 Å². The molecule has 0 radical (unpaired) electrons. The lowest BCUT2D eigenvalue weighted by atomic mass is 9.94. The molecule has 0 aliphatic carbocycles. The van der Waals surface area contributed by atoms with Gasteiger partial charge in [0.2, 0.25) is 41.4 Å². The number of nitrogens with two attached hydrogens (primary N) is 1. The minimum absolute atomic E-state index is 0.0453.